The smallest absolute Gasteiger partial charge is 0.261 e. The van der Waals surface area contributed by atoms with Gasteiger partial charge in [-0.05, 0) is 75.2 Å². The fraction of sp³-hybridized carbons (Fsp3) is 0.400. The van der Waals surface area contributed by atoms with Crippen molar-refractivity contribution in [1.82, 2.24) is 10.2 Å². The lowest BCUT2D eigenvalue weighted by Crippen LogP contribution is -2.62. The molecular weight excluding hydrogens is 378 g/mol. The molecule has 0 spiro atoms. The second-order valence-electron chi connectivity index (χ2n) is 7.22. The van der Waals surface area contributed by atoms with E-state index >= 15 is 0 Å². The Kier molecular flexibility index (Phi) is 5.25. The van der Waals surface area contributed by atoms with Crippen LogP contribution in [-0.2, 0) is 0 Å². The number of nitrogens with two attached hydrogens (primary N) is 1. The monoisotopic (exact) mass is 401 g/mol. The molecule has 3 N–H and O–H groups in total. The van der Waals surface area contributed by atoms with E-state index in [2.05, 4.69) is 17.1 Å². The van der Waals surface area contributed by atoms with Gasteiger partial charge in [0.25, 0.3) is 5.91 Å². The molecule has 3 aliphatic rings. The number of amides is 2. The summed E-state index contributed by atoms with van der Waals surface area (Å²) in [6.45, 7) is 4.54. The van der Waals surface area contributed by atoms with Gasteiger partial charge in [-0.2, -0.15) is 0 Å². The summed E-state index contributed by atoms with van der Waals surface area (Å²) in [5.41, 5.74) is 5.77. The van der Waals surface area contributed by atoms with Crippen LogP contribution in [0.2, 0.25) is 0 Å². The molecule has 3 aliphatic heterocycles. The summed E-state index contributed by atoms with van der Waals surface area (Å²) in [5, 5.41) is 3.28. The average molecular weight is 402 g/mol. The quantitative estimate of drug-likeness (QED) is 0.807. The number of primary amides is 1. The molecule has 2 amide bonds. The molecule has 5 rings (SSSR count). The third kappa shape index (κ3) is 3.90. The molecule has 142 valence electrons. The first-order valence-electron chi connectivity index (χ1n) is 9.24. The fourth-order valence-electron chi connectivity index (χ4n) is 4.07. The Morgan fingerprint density at radius 1 is 1.15 bits per heavy atom. The number of nitrogens with zero attached hydrogens (tertiary/aromatic N) is 1. The van der Waals surface area contributed by atoms with E-state index < -0.39 is 5.91 Å². The Labute approximate surface area is 167 Å². The van der Waals surface area contributed by atoms with Crippen LogP contribution in [0.4, 0.5) is 0 Å². The molecule has 7 heteroatoms. The summed E-state index contributed by atoms with van der Waals surface area (Å²) in [4.78, 5) is 28.1. The highest BCUT2D eigenvalue weighted by molar-refractivity contribution is 8.01. The molecular formula is C20H23N3O2S2. The summed E-state index contributed by atoms with van der Waals surface area (Å²) in [7, 11) is 0. The number of benzene rings is 1. The first-order valence-corrected chi connectivity index (χ1v) is 10.9. The fourth-order valence-corrected chi connectivity index (χ4v) is 6.07. The van der Waals surface area contributed by atoms with Crippen LogP contribution in [0.5, 0.6) is 0 Å². The number of carbonyl (C=O) groups is 2. The highest BCUT2D eigenvalue weighted by Crippen LogP contribution is 2.35. The van der Waals surface area contributed by atoms with E-state index in [0.717, 1.165) is 27.1 Å². The van der Waals surface area contributed by atoms with Gasteiger partial charge in [0.05, 0.1) is 9.09 Å². The third-order valence-corrected chi connectivity index (χ3v) is 7.86. The minimum atomic E-state index is -0.427. The number of nitrogens with one attached hydrogen (secondary N) is 1. The zero-order chi connectivity index (χ0) is 19.0. The Hall–Kier alpha value is -1.83. The minimum absolute atomic E-state index is 0.0292. The van der Waals surface area contributed by atoms with Crippen LogP contribution in [0.3, 0.4) is 0 Å². The standard InChI is InChI=1S/C20H23N3O2S2/c1-12-18(13-8-10-23(12)11-9-13)22-20(25)16-6-7-17(27-16)26-15-4-2-14(3-5-15)19(21)24/h2-7,12-13,18H,8-11H2,1H3,(H2,21,24)(H,22,25)/t12-,18+/m1/s1. The number of thiophene rings is 1. The molecule has 1 aromatic carbocycles. The summed E-state index contributed by atoms with van der Waals surface area (Å²) < 4.78 is 1.05. The Morgan fingerprint density at radius 2 is 1.85 bits per heavy atom. The van der Waals surface area contributed by atoms with Gasteiger partial charge in [0.15, 0.2) is 0 Å². The van der Waals surface area contributed by atoms with Crippen molar-refractivity contribution in [2.24, 2.45) is 11.7 Å². The van der Waals surface area contributed by atoms with Gasteiger partial charge in [0, 0.05) is 22.5 Å². The lowest BCUT2D eigenvalue weighted by Gasteiger charge is -2.49. The van der Waals surface area contributed by atoms with Crippen LogP contribution >= 0.6 is 23.1 Å². The number of fused-ring (bicyclic) bond motifs is 3. The molecule has 2 aromatic rings. The van der Waals surface area contributed by atoms with Gasteiger partial charge in [-0.3, -0.25) is 14.5 Å². The SMILES string of the molecule is C[C@@H]1[C@H](NC(=O)c2ccc(Sc3ccc(C(N)=O)cc3)s2)C2CCN1CC2. The maximum Gasteiger partial charge on any atom is 0.261 e. The van der Waals surface area contributed by atoms with Crippen molar-refractivity contribution in [3.05, 3.63) is 46.8 Å². The molecule has 3 saturated heterocycles. The van der Waals surface area contributed by atoms with Gasteiger partial charge in [0.1, 0.15) is 0 Å². The predicted molar refractivity (Wildman–Crippen MR) is 108 cm³/mol. The molecule has 1 aromatic heterocycles. The van der Waals surface area contributed by atoms with E-state index in [1.807, 2.05) is 24.3 Å². The van der Waals surface area contributed by atoms with Gasteiger partial charge in [-0.1, -0.05) is 11.8 Å². The maximum atomic E-state index is 12.7. The highest BCUT2D eigenvalue weighted by Gasteiger charge is 2.40. The number of rotatable bonds is 5. The second kappa shape index (κ2) is 7.66. The normalized spacial score (nSPS) is 26.7. The van der Waals surface area contributed by atoms with Gasteiger partial charge < -0.3 is 11.1 Å². The van der Waals surface area contributed by atoms with Gasteiger partial charge in [-0.25, -0.2) is 0 Å². The molecule has 0 unspecified atom stereocenters. The minimum Gasteiger partial charge on any atom is -0.366 e. The third-order valence-electron chi connectivity index (χ3n) is 5.64. The molecule has 4 heterocycles. The zero-order valence-corrected chi connectivity index (χ0v) is 16.8. The number of hydrogen-bond acceptors (Lipinski definition) is 5. The maximum absolute atomic E-state index is 12.7. The summed E-state index contributed by atoms with van der Waals surface area (Å²) in [6.07, 6.45) is 2.37. The predicted octanol–water partition coefficient (Wildman–Crippen LogP) is 3.21. The van der Waals surface area contributed by atoms with E-state index in [1.165, 1.54) is 24.2 Å². The summed E-state index contributed by atoms with van der Waals surface area (Å²) in [6, 6.07) is 11.7. The first-order chi connectivity index (χ1) is 13.0. The number of piperidine rings is 3. The van der Waals surface area contributed by atoms with Crippen LogP contribution < -0.4 is 11.1 Å². The van der Waals surface area contributed by atoms with Crippen LogP contribution in [-0.4, -0.2) is 41.9 Å². The summed E-state index contributed by atoms with van der Waals surface area (Å²) in [5.74, 6) is 0.205. The van der Waals surface area contributed by atoms with Crippen molar-refractivity contribution in [2.45, 2.75) is 41.0 Å². The Bertz CT molecular complexity index is 839. The van der Waals surface area contributed by atoms with Gasteiger partial charge in [0.2, 0.25) is 5.91 Å². The topological polar surface area (TPSA) is 75.4 Å². The van der Waals surface area contributed by atoms with E-state index in [4.69, 9.17) is 5.73 Å². The molecule has 3 fully saturated rings. The number of carbonyl (C=O) groups excluding carboxylic acids is 2. The van der Waals surface area contributed by atoms with Crippen molar-refractivity contribution < 1.29 is 9.59 Å². The van der Waals surface area contributed by atoms with E-state index in [1.54, 1.807) is 23.9 Å². The van der Waals surface area contributed by atoms with Crippen LogP contribution in [0.15, 0.2) is 45.5 Å². The summed E-state index contributed by atoms with van der Waals surface area (Å²) >= 11 is 3.09. The zero-order valence-electron chi connectivity index (χ0n) is 15.2. The lowest BCUT2D eigenvalue weighted by molar-refractivity contribution is 0.0218. The van der Waals surface area contributed by atoms with Crippen LogP contribution in [0.25, 0.3) is 0 Å². The number of hydrogen-bond donors (Lipinski definition) is 2. The Morgan fingerprint density at radius 3 is 2.48 bits per heavy atom. The molecule has 2 bridgehead atoms. The van der Waals surface area contributed by atoms with Crippen molar-refractivity contribution in [3.63, 3.8) is 0 Å². The van der Waals surface area contributed by atoms with Crippen LogP contribution in [0, 0.1) is 5.92 Å². The second-order valence-corrected chi connectivity index (χ2v) is 9.68. The molecule has 0 aliphatic carbocycles. The molecule has 27 heavy (non-hydrogen) atoms. The largest absolute Gasteiger partial charge is 0.366 e. The van der Waals surface area contributed by atoms with Crippen LogP contribution in [0.1, 0.15) is 39.8 Å². The average Bonchev–Trinajstić information content (AvgIpc) is 3.14. The van der Waals surface area contributed by atoms with Crippen molar-refractivity contribution in [2.75, 3.05) is 13.1 Å². The van der Waals surface area contributed by atoms with Crippen molar-refractivity contribution in [3.8, 4) is 0 Å². The van der Waals surface area contributed by atoms with E-state index in [9.17, 15) is 9.59 Å². The highest BCUT2D eigenvalue weighted by atomic mass is 32.2. The van der Waals surface area contributed by atoms with Crippen molar-refractivity contribution >= 4 is 34.9 Å². The Balaban J connectivity index is 1.40. The first kappa shape index (κ1) is 18.5. The van der Waals surface area contributed by atoms with Crippen molar-refractivity contribution in [1.29, 1.82) is 0 Å². The molecule has 0 saturated carbocycles. The molecule has 0 radical (unpaired) electrons. The van der Waals surface area contributed by atoms with Gasteiger partial charge in [-0.15, -0.1) is 11.3 Å². The van der Waals surface area contributed by atoms with E-state index in [0.29, 0.717) is 17.5 Å². The van der Waals surface area contributed by atoms with E-state index in [-0.39, 0.29) is 11.9 Å². The molecule has 2 atom stereocenters. The lowest BCUT2D eigenvalue weighted by atomic mass is 9.79. The molecule has 5 nitrogen and oxygen atoms in total. The van der Waals surface area contributed by atoms with Gasteiger partial charge >= 0.3 is 0 Å².